The molecular weight excluding hydrogens is 508 g/mol. The number of rotatable bonds is 24. The first-order valence-corrected chi connectivity index (χ1v) is 17.8. The number of nitrogens with zero attached hydrogens (tertiary/aromatic N) is 2. The van der Waals surface area contributed by atoms with Crippen LogP contribution in [-0.4, -0.2) is 4.57 Å². The molecule has 0 aliphatic rings. The summed E-state index contributed by atoms with van der Waals surface area (Å²) < 4.78 is 4.95. The Labute approximate surface area is 260 Å². The van der Waals surface area contributed by atoms with Gasteiger partial charge in [0.05, 0.1) is 6.54 Å². The molecule has 0 aliphatic heterocycles. The van der Waals surface area contributed by atoms with Crippen molar-refractivity contribution in [1.82, 2.24) is 4.57 Å². The molecule has 0 saturated heterocycles. The average molecular weight is 572 g/mol. The van der Waals surface area contributed by atoms with Crippen LogP contribution < -0.4 is 4.57 Å². The SMILES string of the molecule is CCCCCCCCCCCCCCCCCC(n1cc[n+](CCCC)c1)C(C)(Cc1ccccc1)c1ccccc1. The molecule has 3 aromatic rings. The molecule has 0 spiro atoms. The van der Waals surface area contributed by atoms with Gasteiger partial charge in [-0.05, 0) is 36.8 Å². The van der Waals surface area contributed by atoms with Crippen LogP contribution in [0.3, 0.4) is 0 Å². The molecule has 232 valence electrons. The van der Waals surface area contributed by atoms with Gasteiger partial charge < -0.3 is 0 Å². The van der Waals surface area contributed by atoms with Crippen LogP contribution in [0.4, 0.5) is 0 Å². The zero-order valence-corrected chi connectivity index (χ0v) is 27.6. The van der Waals surface area contributed by atoms with Crippen LogP contribution in [0.1, 0.15) is 154 Å². The lowest BCUT2D eigenvalue weighted by atomic mass is 9.70. The Hall–Kier alpha value is -2.35. The highest BCUT2D eigenvalue weighted by atomic mass is 15.1. The van der Waals surface area contributed by atoms with Crippen LogP contribution in [0.15, 0.2) is 79.4 Å². The van der Waals surface area contributed by atoms with Crippen molar-refractivity contribution in [3.05, 3.63) is 90.5 Å². The molecule has 1 heterocycles. The van der Waals surface area contributed by atoms with E-state index in [1.54, 1.807) is 0 Å². The summed E-state index contributed by atoms with van der Waals surface area (Å²) in [6.45, 7) is 8.21. The predicted molar refractivity (Wildman–Crippen MR) is 182 cm³/mol. The molecule has 2 aromatic carbocycles. The quantitative estimate of drug-likeness (QED) is 0.0747. The Morgan fingerprint density at radius 3 is 1.67 bits per heavy atom. The van der Waals surface area contributed by atoms with Gasteiger partial charge in [0.1, 0.15) is 18.4 Å². The van der Waals surface area contributed by atoms with Crippen molar-refractivity contribution in [2.75, 3.05) is 0 Å². The Morgan fingerprint density at radius 1 is 0.619 bits per heavy atom. The monoisotopic (exact) mass is 571 g/mol. The van der Waals surface area contributed by atoms with Gasteiger partial charge in [0.15, 0.2) is 0 Å². The van der Waals surface area contributed by atoms with Crippen LogP contribution in [-0.2, 0) is 18.4 Å². The van der Waals surface area contributed by atoms with Gasteiger partial charge in [0, 0.05) is 5.41 Å². The van der Waals surface area contributed by atoms with Gasteiger partial charge >= 0.3 is 0 Å². The van der Waals surface area contributed by atoms with E-state index in [-0.39, 0.29) is 5.41 Å². The summed E-state index contributed by atoms with van der Waals surface area (Å²) in [4.78, 5) is 0. The summed E-state index contributed by atoms with van der Waals surface area (Å²) in [7, 11) is 0. The van der Waals surface area contributed by atoms with Crippen LogP contribution in [0.2, 0.25) is 0 Å². The minimum absolute atomic E-state index is 0.0141. The summed E-state index contributed by atoms with van der Waals surface area (Å²) in [5.41, 5.74) is 2.89. The normalized spacial score (nSPS) is 13.7. The molecule has 0 saturated carbocycles. The standard InChI is InChI=1S/C40H63N2/c1-4-6-8-9-10-11-12-13-14-15-16-17-18-19-26-31-39(42-34-33-41(36-42)32-7-5-2)40(3,38-29-24-21-25-30-38)35-37-27-22-20-23-28-37/h20-25,27-30,33-34,36,39H,4-19,26,31-32,35H2,1-3H3/q+1. The number of hydrogen-bond acceptors (Lipinski definition) is 0. The minimum Gasteiger partial charge on any atom is -0.237 e. The first-order chi connectivity index (χ1) is 20.7. The van der Waals surface area contributed by atoms with Crippen LogP contribution in [0.5, 0.6) is 0 Å². The lowest BCUT2D eigenvalue weighted by molar-refractivity contribution is -0.697. The molecule has 2 atom stereocenters. The zero-order valence-electron chi connectivity index (χ0n) is 27.6. The van der Waals surface area contributed by atoms with Gasteiger partial charge in [0.2, 0.25) is 6.33 Å². The van der Waals surface area contributed by atoms with Crippen LogP contribution >= 0.6 is 0 Å². The van der Waals surface area contributed by atoms with Gasteiger partial charge in [-0.3, -0.25) is 0 Å². The molecule has 0 fully saturated rings. The topological polar surface area (TPSA) is 8.81 Å². The average Bonchev–Trinajstić information content (AvgIpc) is 3.49. The second kappa shape index (κ2) is 20.5. The smallest absolute Gasteiger partial charge is 0.237 e. The van der Waals surface area contributed by atoms with Crippen molar-refractivity contribution < 1.29 is 4.57 Å². The highest BCUT2D eigenvalue weighted by Gasteiger charge is 2.40. The Balaban J connectivity index is 1.53. The van der Waals surface area contributed by atoms with E-state index in [1.165, 1.54) is 127 Å². The largest absolute Gasteiger partial charge is 0.244 e. The first kappa shape index (κ1) is 34.1. The summed E-state index contributed by atoms with van der Waals surface area (Å²) >= 11 is 0. The van der Waals surface area contributed by atoms with Gasteiger partial charge in [-0.1, -0.05) is 178 Å². The molecule has 0 amide bonds. The van der Waals surface area contributed by atoms with Crippen molar-refractivity contribution in [2.45, 2.75) is 161 Å². The molecule has 2 nitrogen and oxygen atoms in total. The maximum atomic E-state index is 2.55. The van der Waals surface area contributed by atoms with E-state index in [0.29, 0.717) is 6.04 Å². The number of benzene rings is 2. The van der Waals surface area contributed by atoms with E-state index < -0.39 is 0 Å². The third kappa shape index (κ3) is 12.1. The van der Waals surface area contributed by atoms with Crippen molar-refractivity contribution in [3.8, 4) is 0 Å². The Morgan fingerprint density at radius 2 is 1.12 bits per heavy atom. The lowest BCUT2D eigenvalue weighted by Crippen LogP contribution is -2.38. The maximum absolute atomic E-state index is 2.55. The van der Waals surface area contributed by atoms with Gasteiger partial charge in [0.25, 0.3) is 0 Å². The fraction of sp³-hybridized carbons (Fsp3) is 0.625. The molecule has 0 radical (unpaired) electrons. The van der Waals surface area contributed by atoms with E-state index in [2.05, 4.69) is 109 Å². The summed E-state index contributed by atoms with van der Waals surface area (Å²) in [6, 6.07) is 22.9. The summed E-state index contributed by atoms with van der Waals surface area (Å²) in [5, 5.41) is 0. The third-order valence-electron chi connectivity index (χ3n) is 9.51. The summed E-state index contributed by atoms with van der Waals surface area (Å²) in [5.74, 6) is 0. The van der Waals surface area contributed by atoms with Crippen molar-refractivity contribution in [1.29, 1.82) is 0 Å². The first-order valence-electron chi connectivity index (χ1n) is 17.8. The molecule has 0 bridgehead atoms. The number of imidazole rings is 1. The zero-order chi connectivity index (χ0) is 29.7. The Kier molecular flexibility index (Phi) is 16.7. The van der Waals surface area contributed by atoms with Gasteiger partial charge in [-0.25, -0.2) is 9.13 Å². The summed E-state index contributed by atoms with van der Waals surface area (Å²) in [6.07, 6.45) is 33.0. The van der Waals surface area contributed by atoms with Crippen molar-refractivity contribution in [2.24, 2.45) is 0 Å². The van der Waals surface area contributed by atoms with Crippen LogP contribution in [0.25, 0.3) is 0 Å². The molecule has 42 heavy (non-hydrogen) atoms. The second-order valence-corrected chi connectivity index (χ2v) is 13.2. The molecular formula is C40H63N2+. The fourth-order valence-corrected chi connectivity index (χ4v) is 6.82. The third-order valence-corrected chi connectivity index (χ3v) is 9.51. The van der Waals surface area contributed by atoms with Crippen molar-refractivity contribution in [3.63, 3.8) is 0 Å². The van der Waals surface area contributed by atoms with E-state index in [0.717, 1.165) is 13.0 Å². The van der Waals surface area contributed by atoms with Gasteiger partial charge in [-0.15, -0.1) is 0 Å². The highest BCUT2D eigenvalue weighted by molar-refractivity contribution is 5.30. The number of hydrogen-bond donors (Lipinski definition) is 0. The van der Waals surface area contributed by atoms with Gasteiger partial charge in [-0.2, -0.15) is 0 Å². The molecule has 2 heteroatoms. The van der Waals surface area contributed by atoms with E-state index in [4.69, 9.17) is 0 Å². The molecule has 0 N–H and O–H groups in total. The number of aryl methyl sites for hydroxylation is 1. The molecule has 1 aromatic heterocycles. The predicted octanol–water partition coefficient (Wildman–Crippen LogP) is 11.6. The highest BCUT2D eigenvalue weighted by Crippen LogP contribution is 2.41. The van der Waals surface area contributed by atoms with E-state index >= 15 is 0 Å². The lowest BCUT2D eigenvalue weighted by Gasteiger charge is -2.37. The fourth-order valence-electron chi connectivity index (χ4n) is 6.82. The second-order valence-electron chi connectivity index (χ2n) is 13.2. The Bertz CT molecular complexity index is 1040. The number of unbranched alkanes of at least 4 members (excludes halogenated alkanes) is 15. The minimum atomic E-state index is 0.0141. The van der Waals surface area contributed by atoms with Crippen molar-refractivity contribution >= 4 is 0 Å². The molecule has 0 aliphatic carbocycles. The molecule has 2 unspecified atom stereocenters. The van der Waals surface area contributed by atoms with E-state index in [1.807, 2.05) is 0 Å². The van der Waals surface area contributed by atoms with Crippen LogP contribution in [0, 0.1) is 0 Å². The van der Waals surface area contributed by atoms with E-state index in [9.17, 15) is 0 Å². The maximum Gasteiger partial charge on any atom is 0.244 e. The molecule has 3 rings (SSSR count). The number of aromatic nitrogens is 2.